The van der Waals surface area contributed by atoms with Gasteiger partial charge in [0.1, 0.15) is 5.82 Å². The lowest BCUT2D eigenvalue weighted by atomic mass is 10.2. The topological polar surface area (TPSA) is 55.1 Å². The maximum atomic E-state index is 12.9. The van der Waals surface area contributed by atoms with Crippen molar-refractivity contribution in [1.29, 1.82) is 0 Å². The van der Waals surface area contributed by atoms with Gasteiger partial charge in [0, 0.05) is 20.2 Å². The lowest BCUT2D eigenvalue weighted by Gasteiger charge is -2.08. The third-order valence-corrected chi connectivity index (χ3v) is 3.82. The number of amides is 1. The van der Waals surface area contributed by atoms with Crippen LogP contribution in [0.3, 0.4) is 0 Å². The van der Waals surface area contributed by atoms with Gasteiger partial charge in [-0.15, -0.1) is 0 Å². The van der Waals surface area contributed by atoms with Gasteiger partial charge in [-0.3, -0.25) is 4.79 Å². The molecule has 0 fully saturated rings. The van der Waals surface area contributed by atoms with Gasteiger partial charge < -0.3 is 11.1 Å². The van der Waals surface area contributed by atoms with Crippen LogP contribution in [0.4, 0.5) is 15.8 Å². The third kappa shape index (κ3) is 3.33. The van der Waals surface area contributed by atoms with Gasteiger partial charge in [-0.05, 0) is 68.3 Å². The zero-order chi connectivity index (χ0) is 14.0. The summed E-state index contributed by atoms with van der Waals surface area (Å²) in [6.45, 7) is 0. The molecule has 0 saturated carbocycles. The van der Waals surface area contributed by atoms with Crippen LogP contribution in [0.25, 0.3) is 0 Å². The minimum atomic E-state index is -0.377. The lowest BCUT2D eigenvalue weighted by Crippen LogP contribution is -2.12. The van der Waals surface area contributed by atoms with Gasteiger partial charge >= 0.3 is 0 Å². The smallest absolute Gasteiger partial charge is 0.255 e. The van der Waals surface area contributed by atoms with Crippen LogP contribution in [0.5, 0.6) is 0 Å². The van der Waals surface area contributed by atoms with Crippen molar-refractivity contribution in [3.8, 4) is 0 Å². The minimum Gasteiger partial charge on any atom is -0.398 e. The molecule has 19 heavy (non-hydrogen) atoms. The third-order valence-electron chi connectivity index (χ3n) is 2.44. The molecule has 0 unspecified atom stereocenters. The van der Waals surface area contributed by atoms with Crippen LogP contribution in [0.1, 0.15) is 10.4 Å². The van der Waals surface area contributed by atoms with Crippen molar-refractivity contribution >= 4 is 49.1 Å². The molecule has 0 bridgehead atoms. The first kappa shape index (κ1) is 14.0. The number of carbonyl (C=O) groups is 1. The quantitative estimate of drug-likeness (QED) is 0.759. The summed E-state index contributed by atoms with van der Waals surface area (Å²) in [5.41, 5.74) is 7.11. The molecule has 98 valence electrons. The molecule has 0 radical (unpaired) electrons. The van der Waals surface area contributed by atoms with Gasteiger partial charge in [0.05, 0.1) is 5.69 Å². The molecule has 0 aromatic heterocycles. The van der Waals surface area contributed by atoms with Crippen LogP contribution in [-0.4, -0.2) is 5.91 Å². The monoisotopic (exact) mass is 386 g/mol. The van der Waals surface area contributed by atoms with E-state index in [1.807, 2.05) is 0 Å². The highest BCUT2D eigenvalue weighted by molar-refractivity contribution is 9.11. The van der Waals surface area contributed by atoms with Crippen LogP contribution in [0, 0.1) is 5.82 Å². The fourth-order valence-corrected chi connectivity index (χ4v) is 2.17. The van der Waals surface area contributed by atoms with Crippen LogP contribution >= 0.6 is 31.9 Å². The summed E-state index contributed by atoms with van der Waals surface area (Å²) in [6, 6.07) is 8.95. The zero-order valence-electron chi connectivity index (χ0n) is 9.58. The summed E-state index contributed by atoms with van der Waals surface area (Å²) in [7, 11) is 0. The number of rotatable bonds is 2. The SMILES string of the molecule is Nc1cc(C(=O)Nc2ccc(F)cc2Br)ccc1Br. The molecule has 2 rings (SSSR count). The van der Waals surface area contributed by atoms with Crippen molar-refractivity contribution in [1.82, 2.24) is 0 Å². The number of benzene rings is 2. The van der Waals surface area contributed by atoms with Gasteiger partial charge in [-0.25, -0.2) is 4.39 Å². The van der Waals surface area contributed by atoms with Gasteiger partial charge in [0.2, 0.25) is 0 Å². The largest absolute Gasteiger partial charge is 0.398 e. The van der Waals surface area contributed by atoms with E-state index in [2.05, 4.69) is 37.2 Å². The summed E-state index contributed by atoms with van der Waals surface area (Å²) in [6.07, 6.45) is 0. The van der Waals surface area contributed by atoms with Crippen molar-refractivity contribution in [2.45, 2.75) is 0 Å². The first-order valence-corrected chi connectivity index (χ1v) is 6.87. The van der Waals surface area contributed by atoms with E-state index in [1.54, 1.807) is 18.2 Å². The van der Waals surface area contributed by atoms with Gasteiger partial charge in [0.25, 0.3) is 5.91 Å². The Hall–Kier alpha value is -1.40. The fourth-order valence-electron chi connectivity index (χ4n) is 1.47. The minimum absolute atomic E-state index is 0.313. The average molecular weight is 388 g/mol. The zero-order valence-corrected chi connectivity index (χ0v) is 12.8. The molecule has 2 aromatic rings. The number of hydrogen-bond donors (Lipinski definition) is 2. The van der Waals surface area contributed by atoms with Gasteiger partial charge in [-0.2, -0.15) is 0 Å². The maximum Gasteiger partial charge on any atom is 0.255 e. The van der Waals surface area contributed by atoms with Crippen LogP contribution in [0.2, 0.25) is 0 Å². The molecule has 0 heterocycles. The van der Waals surface area contributed by atoms with E-state index in [-0.39, 0.29) is 11.7 Å². The predicted octanol–water partition coefficient (Wildman–Crippen LogP) is 4.19. The molecular weight excluding hydrogens is 379 g/mol. The average Bonchev–Trinajstić information content (AvgIpc) is 2.36. The fraction of sp³-hybridized carbons (Fsp3) is 0. The molecule has 0 aliphatic carbocycles. The number of carbonyl (C=O) groups excluding carboxylic acids is 1. The van der Waals surface area contributed by atoms with Crippen LogP contribution < -0.4 is 11.1 Å². The van der Waals surface area contributed by atoms with Crippen molar-refractivity contribution < 1.29 is 9.18 Å². The molecule has 6 heteroatoms. The van der Waals surface area contributed by atoms with Crippen molar-refractivity contribution in [2.24, 2.45) is 0 Å². The van der Waals surface area contributed by atoms with Crippen LogP contribution in [0.15, 0.2) is 45.3 Å². The van der Waals surface area contributed by atoms with E-state index in [9.17, 15) is 9.18 Å². The van der Waals surface area contributed by atoms with Gasteiger partial charge in [0.15, 0.2) is 0 Å². The van der Waals surface area contributed by atoms with E-state index in [0.29, 0.717) is 21.4 Å². The van der Waals surface area contributed by atoms with E-state index in [4.69, 9.17) is 5.73 Å². The summed E-state index contributed by atoms with van der Waals surface area (Å²) in [5, 5.41) is 2.68. The standard InChI is InChI=1S/C13H9Br2FN2O/c14-9-3-1-7(5-11(9)17)13(19)18-12-4-2-8(16)6-10(12)15/h1-6H,17H2,(H,18,19). The van der Waals surface area contributed by atoms with Crippen molar-refractivity contribution in [3.05, 3.63) is 56.7 Å². The van der Waals surface area contributed by atoms with Crippen molar-refractivity contribution in [2.75, 3.05) is 11.1 Å². The number of nitrogen functional groups attached to an aromatic ring is 1. The second-order valence-corrected chi connectivity index (χ2v) is 5.52. The highest BCUT2D eigenvalue weighted by Crippen LogP contribution is 2.25. The Balaban J connectivity index is 2.23. The number of anilines is 2. The molecule has 0 spiro atoms. The molecule has 0 atom stereocenters. The van der Waals surface area contributed by atoms with Crippen LogP contribution in [-0.2, 0) is 0 Å². The molecule has 0 saturated heterocycles. The highest BCUT2D eigenvalue weighted by atomic mass is 79.9. The number of nitrogens with two attached hydrogens (primary N) is 1. The normalized spacial score (nSPS) is 10.3. The molecule has 0 aliphatic heterocycles. The second kappa shape index (κ2) is 5.71. The van der Waals surface area contributed by atoms with E-state index < -0.39 is 0 Å². The van der Waals surface area contributed by atoms with Gasteiger partial charge in [-0.1, -0.05) is 0 Å². The Labute approximate surface area is 126 Å². The number of hydrogen-bond acceptors (Lipinski definition) is 2. The summed E-state index contributed by atoms with van der Waals surface area (Å²) < 4.78 is 14.1. The second-order valence-electron chi connectivity index (χ2n) is 3.81. The van der Waals surface area contributed by atoms with E-state index in [0.717, 1.165) is 4.47 Å². The summed E-state index contributed by atoms with van der Waals surface area (Å²) in [5.74, 6) is -0.690. The Morgan fingerprint density at radius 3 is 2.47 bits per heavy atom. The Kier molecular flexibility index (Phi) is 4.21. The first-order chi connectivity index (χ1) is 8.97. The number of nitrogens with one attached hydrogen (secondary N) is 1. The predicted molar refractivity (Wildman–Crippen MR) is 80.6 cm³/mol. The van der Waals surface area contributed by atoms with E-state index >= 15 is 0 Å². The Morgan fingerprint density at radius 1 is 1.11 bits per heavy atom. The maximum absolute atomic E-state index is 12.9. The Bertz CT molecular complexity index is 647. The highest BCUT2D eigenvalue weighted by Gasteiger charge is 2.10. The summed E-state index contributed by atoms with van der Waals surface area (Å²) in [4.78, 5) is 12.0. The molecular formula is C13H9Br2FN2O. The molecule has 2 aromatic carbocycles. The van der Waals surface area contributed by atoms with Crippen molar-refractivity contribution in [3.63, 3.8) is 0 Å². The number of halogens is 3. The summed E-state index contributed by atoms with van der Waals surface area (Å²) >= 11 is 6.45. The lowest BCUT2D eigenvalue weighted by molar-refractivity contribution is 0.102. The molecule has 3 nitrogen and oxygen atoms in total. The van der Waals surface area contributed by atoms with E-state index in [1.165, 1.54) is 18.2 Å². The molecule has 3 N–H and O–H groups in total. The molecule has 0 aliphatic rings. The Morgan fingerprint density at radius 2 is 1.84 bits per heavy atom. The molecule has 1 amide bonds. The first-order valence-electron chi connectivity index (χ1n) is 5.29.